The molecule has 4 nitrogen and oxygen atoms in total. The van der Waals surface area contributed by atoms with Crippen LogP contribution in [0.4, 0.5) is 0 Å². The van der Waals surface area contributed by atoms with E-state index in [1.165, 1.54) is 16.7 Å². The Balaban J connectivity index is 2.43. The molecule has 1 atom stereocenters. The van der Waals surface area contributed by atoms with Crippen LogP contribution >= 0.6 is 0 Å². The molecule has 3 N–H and O–H groups in total. The van der Waals surface area contributed by atoms with Crippen LogP contribution < -0.4 is 11.3 Å². The Labute approximate surface area is 116 Å². The number of nitrogens with one attached hydrogen (secondary N) is 1. The summed E-state index contributed by atoms with van der Waals surface area (Å²) in [5.41, 5.74) is 6.90. The maximum Gasteiger partial charge on any atom is 0.0700 e. The topological polar surface area (TPSA) is 56.5 Å². The first kappa shape index (κ1) is 16.1. The number of aryl methyl sites for hydroxylation is 2. The Morgan fingerprint density at radius 3 is 2.42 bits per heavy atom. The Hall–Kier alpha value is -0.940. The maximum atomic E-state index is 5.63. The van der Waals surface area contributed by atoms with Gasteiger partial charge in [0, 0.05) is 19.8 Å². The van der Waals surface area contributed by atoms with Gasteiger partial charge in [0.1, 0.15) is 0 Å². The van der Waals surface area contributed by atoms with Crippen molar-refractivity contribution in [3.8, 4) is 0 Å². The van der Waals surface area contributed by atoms with E-state index in [-0.39, 0.29) is 6.04 Å². The summed E-state index contributed by atoms with van der Waals surface area (Å²) in [6.45, 7) is 6.26. The molecule has 1 aromatic rings. The molecule has 0 heterocycles. The molecule has 0 spiro atoms. The number of methoxy groups -OCH3 is 1. The molecule has 0 aliphatic rings. The summed E-state index contributed by atoms with van der Waals surface area (Å²) >= 11 is 0. The van der Waals surface area contributed by atoms with Gasteiger partial charge in [-0.25, -0.2) is 0 Å². The van der Waals surface area contributed by atoms with Crippen molar-refractivity contribution in [1.29, 1.82) is 0 Å². The van der Waals surface area contributed by atoms with Gasteiger partial charge in [0.2, 0.25) is 0 Å². The zero-order valence-corrected chi connectivity index (χ0v) is 12.2. The van der Waals surface area contributed by atoms with Crippen molar-refractivity contribution in [2.24, 2.45) is 5.84 Å². The second-order valence-corrected chi connectivity index (χ2v) is 4.83. The van der Waals surface area contributed by atoms with Gasteiger partial charge in [-0.2, -0.15) is 0 Å². The van der Waals surface area contributed by atoms with Crippen molar-refractivity contribution in [3.63, 3.8) is 0 Å². The van der Waals surface area contributed by atoms with Crippen molar-refractivity contribution in [3.05, 3.63) is 34.9 Å². The third kappa shape index (κ3) is 5.70. The maximum absolute atomic E-state index is 5.63. The molecule has 1 rings (SSSR count). The number of hydrazine groups is 1. The zero-order valence-electron chi connectivity index (χ0n) is 12.2. The molecule has 4 heteroatoms. The highest BCUT2D eigenvalue weighted by atomic mass is 16.5. The van der Waals surface area contributed by atoms with Crippen molar-refractivity contribution >= 4 is 0 Å². The Morgan fingerprint density at radius 1 is 1.16 bits per heavy atom. The molecule has 0 bridgehead atoms. The molecule has 1 unspecified atom stereocenters. The average molecular weight is 266 g/mol. The van der Waals surface area contributed by atoms with Crippen LogP contribution in [0.3, 0.4) is 0 Å². The van der Waals surface area contributed by atoms with Gasteiger partial charge in [0.05, 0.1) is 13.2 Å². The smallest absolute Gasteiger partial charge is 0.0700 e. The molecule has 19 heavy (non-hydrogen) atoms. The second kappa shape index (κ2) is 9.04. The predicted octanol–water partition coefficient (Wildman–Crippen LogP) is 1.73. The molecule has 0 fully saturated rings. The van der Waals surface area contributed by atoms with E-state index < -0.39 is 0 Å². The minimum absolute atomic E-state index is 0.238. The van der Waals surface area contributed by atoms with Crippen molar-refractivity contribution in [1.82, 2.24) is 5.43 Å². The Morgan fingerprint density at radius 2 is 1.84 bits per heavy atom. The summed E-state index contributed by atoms with van der Waals surface area (Å²) in [6.07, 6.45) is 1.83. The zero-order chi connectivity index (χ0) is 14.1. The Kier molecular flexibility index (Phi) is 7.67. The van der Waals surface area contributed by atoms with Crippen LogP contribution in [0.5, 0.6) is 0 Å². The summed E-state index contributed by atoms with van der Waals surface area (Å²) < 4.78 is 10.4. The third-order valence-corrected chi connectivity index (χ3v) is 3.37. The fraction of sp³-hybridized carbons (Fsp3) is 0.600. The van der Waals surface area contributed by atoms with E-state index >= 15 is 0 Å². The largest absolute Gasteiger partial charge is 0.382 e. The van der Waals surface area contributed by atoms with Crippen molar-refractivity contribution in [2.45, 2.75) is 32.7 Å². The van der Waals surface area contributed by atoms with Gasteiger partial charge >= 0.3 is 0 Å². The van der Waals surface area contributed by atoms with Crippen LogP contribution in [-0.2, 0) is 15.9 Å². The molecular weight excluding hydrogens is 240 g/mol. The van der Waals surface area contributed by atoms with E-state index in [0.717, 1.165) is 12.8 Å². The molecule has 0 radical (unpaired) electrons. The number of ether oxygens (including phenoxy) is 2. The third-order valence-electron chi connectivity index (χ3n) is 3.37. The van der Waals surface area contributed by atoms with Crippen LogP contribution in [0.15, 0.2) is 18.2 Å². The highest BCUT2D eigenvalue weighted by Gasteiger charge is 2.11. The first-order chi connectivity index (χ1) is 9.19. The number of hydrogen-bond acceptors (Lipinski definition) is 4. The van der Waals surface area contributed by atoms with Crippen molar-refractivity contribution in [2.75, 3.05) is 26.9 Å². The van der Waals surface area contributed by atoms with Crippen LogP contribution in [-0.4, -0.2) is 33.0 Å². The van der Waals surface area contributed by atoms with Crippen molar-refractivity contribution < 1.29 is 9.47 Å². The molecule has 1 aromatic carbocycles. The predicted molar refractivity (Wildman–Crippen MR) is 78.0 cm³/mol. The minimum atomic E-state index is 0.238. The van der Waals surface area contributed by atoms with E-state index in [9.17, 15) is 0 Å². The van der Waals surface area contributed by atoms with Crippen LogP contribution in [0.1, 0.15) is 23.1 Å². The first-order valence-corrected chi connectivity index (χ1v) is 6.77. The van der Waals surface area contributed by atoms with E-state index in [1.807, 2.05) is 0 Å². The fourth-order valence-electron chi connectivity index (χ4n) is 2.13. The van der Waals surface area contributed by atoms with Gasteiger partial charge in [-0.05, 0) is 43.4 Å². The molecule has 0 saturated carbocycles. The van der Waals surface area contributed by atoms with Crippen LogP contribution in [0.25, 0.3) is 0 Å². The van der Waals surface area contributed by atoms with Gasteiger partial charge in [0.15, 0.2) is 0 Å². The summed E-state index contributed by atoms with van der Waals surface area (Å²) in [6, 6.07) is 6.62. The average Bonchev–Trinajstić information content (AvgIpc) is 2.40. The monoisotopic (exact) mass is 266 g/mol. The molecule has 0 amide bonds. The number of nitrogens with two attached hydrogens (primary N) is 1. The lowest BCUT2D eigenvalue weighted by Crippen LogP contribution is -2.38. The number of rotatable bonds is 9. The minimum Gasteiger partial charge on any atom is -0.382 e. The van der Waals surface area contributed by atoms with Gasteiger partial charge in [-0.15, -0.1) is 0 Å². The standard InChI is InChI=1S/C15H26N2O2/c1-12-5-4-6-13(2)15(12)11-14(17-16)7-8-19-10-9-18-3/h4-6,14,17H,7-11,16H2,1-3H3. The number of benzene rings is 1. The van der Waals surface area contributed by atoms with Crippen LogP contribution in [0.2, 0.25) is 0 Å². The lowest BCUT2D eigenvalue weighted by Gasteiger charge is -2.18. The summed E-state index contributed by atoms with van der Waals surface area (Å²) in [5.74, 6) is 5.63. The fourth-order valence-corrected chi connectivity index (χ4v) is 2.13. The second-order valence-electron chi connectivity index (χ2n) is 4.83. The van der Waals surface area contributed by atoms with Gasteiger partial charge in [-0.1, -0.05) is 18.2 Å². The van der Waals surface area contributed by atoms with Gasteiger partial charge in [-0.3, -0.25) is 11.3 Å². The van der Waals surface area contributed by atoms with Gasteiger partial charge in [0.25, 0.3) is 0 Å². The van der Waals surface area contributed by atoms with E-state index in [1.54, 1.807) is 7.11 Å². The van der Waals surface area contributed by atoms with Gasteiger partial charge < -0.3 is 9.47 Å². The summed E-state index contributed by atoms with van der Waals surface area (Å²) in [5, 5.41) is 0. The highest BCUT2D eigenvalue weighted by Crippen LogP contribution is 2.16. The quantitative estimate of drug-likeness (QED) is 0.406. The highest BCUT2D eigenvalue weighted by molar-refractivity contribution is 5.34. The lowest BCUT2D eigenvalue weighted by molar-refractivity contribution is 0.0658. The summed E-state index contributed by atoms with van der Waals surface area (Å²) in [4.78, 5) is 0. The molecule has 0 aromatic heterocycles. The molecular formula is C15H26N2O2. The normalized spacial score (nSPS) is 12.6. The van der Waals surface area contributed by atoms with E-state index in [0.29, 0.717) is 19.8 Å². The lowest BCUT2D eigenvalue weighted by atomic mass is 9.95. The van der Waals surface area contributed by atoms with E-state index in [4.69, 9.17) is 15.3 Å². The molecule has 0 aliphatic heterocycles. The summed E-state index contributed by atoms with van der Waals surface area (Å²) in [7, 11) is 1.68. The SMILES string of the molecule is COCCOCCC(Cc1c(C)cccc1C)NN. The Bertz CT molecular complexity index is 349. The molecule has 0 saturated heterocycles. The first-order valence-electron chi connectivity index (χ1n) is 6.77. The van der Waals surface area contributed by atoms with Crippen LogP contribution in [0, 0.1) is 13.8 Å². The van der Waals surface area contributed by atoms with E-state index in [2.05, 4.69) is 37.5 Å². The number of hydrogen-bond donors (Lipinski definition) is 2. The molecule has 108 valence electrons. The molecule has 0 aliphatic carbocycles.